The number of hydrogen-bond donors (Lipinski definition) is 1. The van der Waals surface area contributed by atoms with E-state index in [9.17, 15) is 8.42 Å². The molecule has 1 unspecified atom stereocenters. The molecular formula is C25H26N4O3S2. The van der Waals surface area contributed by atoms with Crippen LogP contribution in [-0.4, -0.2) is 30.3 Å². The molecule has 0 aliphatic carbocycles. The van der Waals surface area contributed by atoms with E-state index in [4.69, 9.17) is 4.74 Å². The highest BCUT2D eigenvalue weighted by atomic mass is 32.2. The van der Waals surface area contributed by atoms with Gasteiger partial charge in [0.1, 0.15) is 5.75 Å². The van der Waals surface area contributed by atoms with Crippen molar-refractivity contribution in [2.75, 3.05) is 7.11 Å². The molecule has 1 N–H and O–H groups in total. The Balaban J connectivity index is 1.64. The van der Waals surface area contributed by atoms with E-state index < -0.39 is 16.1 Å². The molecule has 3 aromatic carbocycles. The number of thioether (sulfide) groups is 1. The van der Waals surface area contributed by atoms with E-state index in [-0.39, 0.29) is 4.90 Å². The molecule has 0 aliphatic rings. The van der Waals surface area contributed by atoms with E-state index in [1.54, 1.807) is 30.8 Å². The topological polar surface area (TPSA) is 86.1 Å². The summed E-state index contributed by atoms with van der Waals surface area (Å²) in [4.78, 5) is 0.153. The summed E-state index contributed by atoms with van der Waals surface area (Å²) >= 11 is 1.55. The van der Waals surface area contributed by atoms with Gasteiger partial charge in [-0.25, -0.2) is 13.1 Å². The van der Waals surface area contributed by atoms with Crippen LogP contribution in [0.4, 0.5) is 0 Å². The third-order valence-electron chi connectivity index (χ3n) is 5.25. The van der Waals surface area contributed by atoms with Gasteiger partial charge in [0, 0.05) is 11.4 Å². The van der Waals surface area contributed by atoms with Gasteiger partial charge in [0.05, 0.1) is 18.0 Å². The van der Waals surface area contributed by atoms with Crippen LogP contribution in [0.2, 0.25) is 0 Å². The van der Waals surface area contributed by atoms with Crippen molar-refractivity contribution < 1.29 is 13.2 Å². The molecular weight excluding hydrogens is 468 g/mol. The smallest absolute Gasteiger partial charge is 0.241 e. The van der Waals surface area contributed by atoms with Crippen LogP contribution in [0.5, 0.6) is 5.75 Å². The minimum atomic E-state index is -3.78. The third-order valence-corrected chi connectivity index (χ3v) is 7.81. The summed E-state index contributed by atoms with van der Waals surface area (Å²) in [5.41, 5.74) is 3.17. The van der Waals surface area contributed by atoms with Crippen molar-refractivity contribution in [2.45, 2.75) is 35.7 Å². The van der Waals surface area contributed by atoms with Gasteiger partial charge in [-0.05, 0) is 55.8 Å². The quantitative estimate of drug-likeness (QED) is 0.333. The van der Waals surface area contributed by atoms with Crippen molar-refractivity contribution in [2.24, 2.45) is 0 Å². The number of aromatic nitrogens is 3. The standard InChI is InChI=1S/C25H26N4O3S2/c1-18-9-11-21(12-10-18)29-24(26-27-25(29)33-17-20-7-5-4-6-8-20)19(2)28-34(30,31)23-15-13-22(32-3)14-16-23/h4-16,19,28H,17H2,1-3H3. The molecule has 4 aromatic rings. The van der Waals surface area contributed by atoms with Gasteiger partial charge in [-0.3, -0.25) is 4.57 Å². The Morgan fingerprint density at radius 2 is 1.65 bits per heavy atom. The summed E-state index contributed by atoms with van der Waals surface area (Å²) in [6.07, 6.45) is 0. The van der Waals surface area contributed by atoms with E-state index in [2.05, 4.69) is 27.1 Å². The highest BCUT2D eigenvalue weighted by Crippen LogP contribution is 2.28. The van der Waals surface area contributed by atoms with Crippen molar-refractivity contribution in [3.05, 3.63) is 95.8 Å². The van der Waals surface area contributed by atoms with Crippen LogP contribution in [0.1, 0.15) is 29.9 Å². The van der Waals surface area contributed by atoms with Crippen molar-refractivity contribution >= 4 is 21.8 Å². The number of sulfonamides is 1. The van der Waals surface area contributed by atoms with Crippen LogP contribution < -0.4 is 9.46 Å². The molecule has 1 heterocycles. The molecule has 0 amide bonds. The lowest BCUT2D eigenvalue weighted by atomic mass is 10.2. The molecule has 0 radical (unpaired) electrons. The van der Waals surface area contributed by atoms with Crippen LogP contribution in [0, 0.1) is 6.92 Å². The Labute approximate surface area is 204 Å². The van der Waals surface area contributed by atoms with Crippen LogP contribution >= 0.6 is 11.8 Å². The molecule has 0 fully saturated rings. The Morgan fingerprint density at radius 1 is 0.971 bits per heavy atom. The molecule has 1 aromatic heterocycles. The van der Waals surface area contributed by atoms with Gasteiger partial charge >= 0.3 is 0 Å². The molecule has 7 nitrogen and oxygen atoms in total. The summed E-state index contributed by atoms with van der Waals surface area (Å²) in [5.74, 6) is 1.82. The van der Waals surface area contributed by atoms with Crippen LogP contribution in [-0.2, 0) is 15.8 Å². The number of aryl methyl sites for hydroxylation is 1. The predicted octanol–water partition coefficient (Wildman–Crippen LogP) is 4.92. The summed E-state index contributed by atoms with van der Waals surface area (Å²) in [6, 6.07) is 23.7. The Morgan fingerprint density at radius 3 is 2.29 bits per heavy atom. The van der Waals surface area contributed by atoms with E-state index >= 15 is 0 Å². The second kappa shape index (κ2) is 10.4. The van der Waals surface area contributed by atoms with Gasteiger partial charge in [-0.1, -0.05) is 59.8 Å². The molecule has 4 rings (SSSR count). The Bertz CT molecular complexity index is 1340. The first-order valence-electron chi connectivity index (χ1n) is 10.7. The maximum Gasteiger partial charge on any atom is 0.241 e. The van der Waals surface area contributed by atoms with Gasteiger partial charge < -0.3 is 4.74 Å². The van der Waals surface area contributed by atoms with Crippen LogP contribution in [0.15, 0.2) is 88.9 Å². The summed E-state index contributed by atoms with van der Waals surface area (Å²) in [5, 5.41) is 9.47. The van der Waals surface area contributed by atoms with E-state index in [1.165, 1.54) is 24.8 Å². The van der Waals surface area contributed by atoms with Gasteiger partial charge in [0.15, 0.2) is 11.0 Å². The molecule has 9 heteroatoms. The normalized spacial score (nSPS) is 12.4. The second-order valence-corrected chi connectivity index (χ2v) is 10.5. The second-order valence-electron chi connectivity index (χ2n) is 7.80. The minimum Gasteiger partial charge on any atom is -0.497 e. The van der Waals surface area contributed by atoms with Gasteiger partial charge in [-0.15, -0.1) is 10.2 Å². The van der Waals surface area contributed by atoms with Crippen molar-refractivity contribution in [3.63, 3.8) is 0 Å². The SMILES string of the molecule is COc1ccc(S(=O)(=O)NC(C)c2nnc(SCc3ccccc3)n2-c2ccc(C)cc2)cc1. The summed E-state index contributed by atoms with van der Waals surface area (Å²) < 4.78 is 35.8. The molecule has 0 bridgehead atoms. The van der Waals surface area contributed by atoms with Gasteiger partial charge in [-0.2, -0.15) is 0 Å². The lowest BCUT2D eigenvalue weighted by molar-refractivity contribution is 0.414. The maximum absolute atomic E-state index is 13.0. The number of methoxy groups -OCH3 is 1. The maximum atomic E-state index is 13.0. The van der Waals surface area contributed by atoms with Crippen molar-refractivity contribution in [1.82, 2.24) is 19.5 Å². The highest BCUT2D eigenvalue weighted by Gasteiger charge is 2.25. The molecule has 0 spiro atoms. The zero-order chi connectivity index (χ0) is 24.1. The van der Waals surface area contributed by atoms with Crippen LogP contribution in [0.3, 0.4) is 0 Å². The van der Waals surface area contributed by atoms with E-state index in [0.717, 1.165) is 17.0 Å². The number of hydrogen-bond acceptors (Lipinski definition) is 6. The van der Waals surface area contributed by atoms with E-state index in [0.29, 0.717) is 16.7 Å². The van der Waals surface area contributed by atoms with Gasteiger partial charge in [0.2, 0.25) is 10.0 Å². The average Bonchev–Trinajstić information content (AvgIpc) is 3.28. The van der Waals surface area contributed by atoms with E-state index in [1.807, 2.05) is 54.0 Å². The summed E-state index contributed by atoms with van der Waals surface area (Å²) in [7, 11) is -2.24. The fraction of sp³-hybridized carbons (Fsp3) is 0.200. The molecule has 1 atom stereocenters. The number of benzene rings is 3. The molecule has 176 valence electrons. The predicted molar refractivity (Wildman–Crippen MR) is 134 cm³/mol. The monoisotopic (exact) mass is 494 g/mol. The zero-order valence-electron chi connectivity index (χ0n) is 19.2. The minimum absolute atomic E-state index is 0.153. The Hall–Kier alpha value is -3.14. The molecule has 0 saturated heterocycles. The third kappa shape index (κ3) is 5.49. The zero-order valence-corrected chi connectivity index (χ0v) is 20.8. The van der Waals surface area contributed by atoms with Crippen molar-refractivity contribution in [1.29, 1.82) is 0 Å². The lowest BCUT2D eigenvalue weighted by Crippen LogP contribution is -2.28. The van der Waals surface area contributed by atoms with Crippen LogP contribution in [0.25, 0.3) is 5.69 Å². The molecule has 0 saturated carbocycles. The number of nitrogens with one attached hydrogen (secondary N) is 1. The van der Waals surface area contributed by atoms with Gasteiger partial charge in [0.25, 0.3) is 0 Å². The average molecular weight is 495 g/mol. The number of nitrogens with zero attached hydrogens (tertiary/aromatic N) is 3. The molecule has 34 heavy (non-hydrogen) atoms. The number of rotatable bonds is 9. The van der Waals surface area contributed by atoms with Crippen molar-refractivity contribution in [3.8, 4) is 11.4 Å². The number of ether oxygens (including phenoxy) is 1. The molecule has 0 aliphatic heterocycles. The largest absolute Gasteiger partial charge is 0.497 e. The first-order valence-corrected chi connectivity index (χ1v) is 13.2. The first-order chi connectivity index (χ1) is 16.4. The fourth-order valence-electron chi connectivity index (χ4n) is 3.42. The summed E-state index contributed by atoms with van der Waals surface area (Å²) in [6.45, 7) is 3.79. The fourth-order valence-corrected chi connectivity index (χ4v) is 5.54. The lowest BCUT2D eigenvalue weighted by Gasteiger charge is -2.17. The highest BCUT2D eigenvalue weighted by molar-refractivity contribution is 7.98. The first kappa shape index (κ1) is 24.0. The Kier molecular flexibility index (Phi) is 7.35.